The van der Waals surface area contributed by atoms with E-state index in [4.69, 9.17) is 29.9 Å². The second-order valence-corrected chi connectivity index (χ2v) is 12.9. The number of ether oxygens (including phenoxy) is 3. The number of nitriles is 1. The molecule has 0 radical (unpaired) electrons. The van der Waals surface area contributed by atoms with Crippen molar-refractivity contribution in [2.24, 2.45) is 0 Å². The number of aromatic nitrogens is 2. The Labute approximate surface area is 247 Å². The summed E-state index contributed by atoms with van der Waals surface area (Å²) in [7, 11) is 0. The van der Waals surface area contributed by atoms with Gasteiger partial charge in [0.1, 0.15) is 23.7 Å². The third kappa shape index (κ3) is 4.70. The van der Waals surface area contributed by atoms with Crippen LogP contribution in [0.5, 0.6) is 6.01 Å². The highest BCUT2D eigenvalue weighted by Crippen LogP contribution is 2.51. The number of benzene rings is 1. The molecule has 224 valence electrons. The molecular formula is C32H41FN6O3. The monoisotopic (exact) mass is 576 g/mol. The summed E-state index contributed by atoms with van der Waals surface area (Å²) in [6.45, 7) is 7.44. The maximum Gasteiger partial charge on any atom is 0.318 e. The number of alkyl halides is 1. The molecule has 1 aliphatic carbocycles. The highest BCUT2D eigenvalue weighted by molar-refractivity contribution is 5.64. The maximum atomic E-state index is 14.3. The summed E-state index contributed by atoms with van der Waals surface area (Å²) in [5.41, 5.74) is 10.5. The minimum atomic E-state index is -0.758. The number of nitrogens with two attached hydrogens (primary N) is 1. The second kappa shape index (κ2) is 10.9. The third-order valence-corrected chi connectivity index (χ3v) is 10.4. The lowest BCUT2D eigenvalue weighted by Gasteiger charge is -2.45. The lowest BCUT2D eigenvalue weighted by atomic mass is 9.69. The molecule has 1 unspecified atom stereocenters. The molecule has 2 N–H and O–H groups in total. The van der Waals surface area contributed by atoms with Gasteiger partial charge in [-0.15, -0.1) is 0 Å². The number of halogens is 1. The number of anilines is 2. The van der Waals surface area contributed by atoms with E-state index in [9.17, 15) is 9.65 Å². The Hall–Kier alpha value is -3.00. The topological polar surface area (TPSA) is 110 Å². The van der Waals surface area contributed by atoms with Crippen LogP contribution in [0.4, 0.5) is 15.9 Å². The molecule has 10 heteroatoms. The zero-order valence-corrected chi connectivity index (χ0v) is 24.5. The Morgan fingerprint density at radius 2 is 2.10 bits per heavy atom. The van der Waals surface area contributed by atoms with Gasteiger partial charge in [0.05, 0.1) is 31.1 Å². The smallest absolute Gasteiger partial charge is 0.318 e. The first kappa shape index (κ1) is 27.8. The van der Waals surface area contributed by atoms with E-state index in [0.717, 1.165) is 93.0 Å². The number of nitrogens with zero attached hydrogens (tertiary/aromatic N) is 5. The van der Waals surface area contributed by atoms with Crippen molar-refractivity contribution in [2.75, 3.05) is 56.6 Å². The average Bonchev–Trinajstić information content (AvgIpc) is 3.36. The van der Waals surface area contributed by atoms with Gasteiger partial charge in [0, 0.05) is 61.4 Å². The van der Waals surface area contributed by atoms with Gasteiger partial charge in [-0.1, -0.05) is 13.0 Å². The maximum absolute atomic E-state index is 14.3. The standard InChI is InChI=1S/C32H41FN6O3/c1-21-6-8-32(28-23(21)4-5-26(35)24(28)18-34)17-27-25(20-42-32)29(38-10-3-13-40-15-12-38)37-30(36-27)41-14-9-31-7-2-11-39(31)19-22(33)16-31/h4-5,21-22H,2-3,6-17,19-20,35H2,1H3/t21-,22-,31?,32-/m1/s1. The van der Waals surface area contributed by atoms with Crippen LogP contribution in [0.3, 0.4) is 0 Å². The molecule has 9 nitrogen and oxygen atoms in total. The van der Waals surface area contributed by atoms with Crippen LogP contribution in [0.1, 0.15) is 85.7 Å². The van der Waals surface area contributed by atoms with Gasteiger partial charge < -0.3 is 24.8 Å². The molecule has 3 fully saturated rings. The molecule has 1 aromatic carbocycles. The minimum absolute atomic E-state index is 0.105. The molecule has 5 aliphatic rings. The Morgan fingerprint density at radius 3 is 2.98 bits per heavy atom. The van der Waals surface area contributed by atoms with Crippen molar-refractivity contribution < 1.29 is 18.6 Å². The Morgan fingerprint density at radius 1 is 1.19 bits per heavy atom. The number of hydrogen-bond donors (Lipinski definition) is 1. The summed E-state index contributed by atoms with van der Waals surface area (Å²) < 4.78 is 33.2. The van der Waals surface area contributed by atoms with Gasteiger partial charge in [-0.25, -0.2) is 4.39 Å². The van der Waals surface area contributed by atoms with Crippen LogP contribution in [-0.2, 0) is 28.1 Å². The molecule has 0 amide bonds. The Bertz CT molecular complexity index is 1390. The lowest BCUT2D eigenvalue weighted by molar-refractivity contribution is -0.0873. The van der Waals surface area contributed by atoms with E-state index in [2.05, 4.69) is 28.9 Å². The first-order valence-electron chi connectivity index (χ1n) is 15.6. The molecule has 4 aliphatic heterocycles. The molecule has 0 saturated carbocycles. The zero-order chi connectivity index (χ0) is 28.9. The highest BCUT2D eigenvalue weighted by atomic mass is 19.1. The van der Waals surface area contributed by atoms with Crippen molar-refractivity contribution in [3.05, 3.63) is 40.1 Å². The van der Waals surface area contributed by atoms with Gasteiger partial charge in [0.25, 0.3) is 0 Å². The second-order valence-electron chi connectivity index (χ2n) is 12.9. The molecule has 4 atom stereocenters. The van der Waals surface area contributed by atoms with Crippen molar-refractivity contribution >= 4 is 11.5 Å². The minimum Gasteiger partial charge on any atom is -0.463 e. The van der Waals surface area contributed by atoms with Crippen LogP contribution >= 0.6 is 0 Å². The van der Waals surface area contributed by atoms with E-state index in [1.807, 2.05) is 6.07 Å². The molecule has 7 rings (SSSR count). The van der Waals surface area contributed by atoms with Gasteiger partial charge >= 0.3 is 6.01 Å². The molecule has 2 aromatic rings. The molecular weight excluding hydrogens is 535 g/mol. The summed E-state index contributed by atoms with van der Waals surface area (Å²) >= 11 is 0. The van der Waals surface area contributed by atoms with E-state index in [-0.39, 0.29) is 5.54 Å². The summed E-state index contributed by atoms with van der Waals surface area (Å²) in [5, 5.41) is 10.1. The third-order valence-electron chi connectivity index (χ3n) is 10.4. The summed E-state index contributed by atoms with van der Waals surface area (Å²) in [6.07, 6.45) is 5.91. The summed E-state index contributed by atoms with van der Waals surface area (Å²) in [4.78, 5) is 14.5. The lowest BCUT2D eigenvalue weighted by Crippen LogP contribution is -2.42. The largest absolute Gasteiger partial charge is 0.463 e. The number of hydrogen-bond acceptors (Lipinski definition) is 9. The average molecular weight is 577 g/mol. The summed E-state index contributed by atoms with van der Waals surface area (Å²) in [6, 6.07) is 6.65. The van der Waals surface area contributed by atoms with Gasteiger partial charge in [-0.05, 0) is 62.6 Å². The first-order valence-corrected chi connectivity index (χ1v) is 15.6. The van der Waals surface area contributed by atoms with Crippen molar-refractivity contribution in [1.82, 2.24) is 14.9 Å². The molecule has 0 bridgehead atoms. The van der Waals surface area contributed by atoms with E-state index < -0.39 is 11.8 Å². The van der Waals surface area contributed by atoms with Crippen molar-refractivity contribution in [2.45, 2.75) is 88.1 Å². The van der Waals surface area contributed by atoms with Crippen molar-refractivity contribution in [3.63, 3.8) is 0 Å². The quantitative estimate of drug-likeness (QED) is 0.519. The van der Waals surface area contributed by atoms with E-state index in [1.165, 1.54) is 0 Å². The molecule has 1 spiro atoms. The van der Waals surface area contributed by atoms with E-state index in [0.29, 0.717) is 62.4 Å². The van der Waals surface area contributed by atoms with Crippen molar-refractivity contribution in [1.29, 1.82) is 5.26 Å². The van der Waals surface area contributed by atoms with Gasteiger partial charge in [-0.3, -0.25) is 4.90 Å². The Kier molecular flexibility index (Phi) is 7.24. The summed E-state index contributed by atoms with van der Waals surface area (Å²) in [5.74, 6) is 1.16. The number of fused-ring (bicyclic) bond motifs is 4. The Balaban J connectivity index is 1.23. The fraction of sp³-hybridized carbons (Fsp3) is 0.656. The number of rotatable bonds is 5. The van der Waals surface area contributed by atoms with Crippen LogP contribution in [0.2, 0.25) is 0 Å². The fourth-order valence-electron chi connectivity index (χ4n) is 8.26. The first-order chi connectivity index (χ1) is 20.4. The van der Waals surface area contributed by atoms with Gasteiger partial charge in [0.15, 0.2) is 0 Å². The van der Waals surface area contributed by atoms with E-state index in [1.54, 1.807) is 0 Å². The van der Waals surface area contributed by atoms with Crippen molar-refractivity contribution in [3.8, 4) is 12.1 Å². The fourth-order valence-corrected chi connectivity index (χ4v) is 8.26. The molecule has 5 heterocycles. The molecule has 42 heavy (non-hydrogen) atoms. The highest BCUT2D eigenvalue weighted by Gasteiger charge is 2.49. The predicted molar refractivity (Wildman–Crippen MR) is 156 cm³/mol. The normalized spacial score (nSPS) is 30.8. The SMILES string of the molecule is C[C@@H]1CC[C@@]2(Cc3nc(OCCC45CCCN4C[C@H](F)C5)nc(N4CCCOCC4)c3CO2)c2c1ccc(N)c2C#N. The number of nitrogen functional groups attached to an aromatic ring is 1. The van der Waals surface area contributed by atoms with Crippen LogP contribution in [0, 0.1) is 11.3 Å². The van der Waals surface area contributed by atoms with Crippen LogP contribution < -0.4 is 15.4 Å². The predicted octanol–water partition coefficient (Wildman–Crippen LogP) is 4.37. The van der Waals surface area contributed by atoms with E-state index >= 15 is 0 Å². The molecule has 3 saturated heterocycles. The van der Waals surface area contributed by atoms with Crippen LogP contribution in [0.15, 0.2) is 12.1 Å². The van der Waals surface area contributed by atoms with Gasteiger partial charge in [-0.2, -0.15) is 15.2 Å². The van der Waals surface area contributed by atoms with Crippen LogP contribution in [-0.4, -0.2) is 72.6 Å². The van der Waals surface area contributed by atoms with Gasteiger partial charge in [0.2, 0.25) is 0 Å². The van der Waals surface area contributed by atoms with Crippen LogP contribution in [0.25, 0.3) is 0 Å². The zero-order valence-electron chi connectivity index (χ0n) is 24.5. The molecule has 1 aromatic heterocycles.